The summed E-state index contributed by atoms with van der Waals surface area (Å²) in [6.07, 6.45) is 0. The van der Waals surface area contributed by atoms with E-state index in [9.17, 15) is 9.59 Å². The maximum Gasteiger partial charge on any atom is 0.300 e. The van der Waals surface area contributed by atoms with Crippen LogP contribution < -0.4 is 4.90 Å². The molecule has 1 aliphatic rings. The number of rotatable bonds is 1. The molecule has 0 radical (unpaired) electrons. The Balaban J connectivity index is 2.45. The van der Waals surface area contributed by atoms with E-state index < -0.39 is 11.7 Å². The lowest BCUT2D eigenvalue weighted by Gasteiger charge is -2.11. The standard InChI is InChI=1S/C12H9NO2/c1-2-3-8-13-10-7-5-4-6-9(10)11(14)12(13)15/h4-7H,8H2,1H3. The zero-order valence-corrected chi connectivity index (χ0v) is 8.28. The molecule has 0 spiro atoms. The van der Waals surface area contributed by atoms with Crippen molar-refractivity contribution in [1.82, 2.24) is 0 Å². The second-order valence-corrected chi connectivity index (χ2v) is 3.16. The van der Waals surface area contributed by atoms with Gasteiger partial charge in [0.1, 0.15) is 0 Å². The SMILES string of the molecule is CC#CCN1C(=O)C(=O)c2ccccc21. The molecule has 0 aliphatic carbocycles. The monoisotopic (exact) mass is 199 g/mol. The van der Waals surface area contributed by atoms with Crippen molar-refractivity contribution < 1.29 is 9.59 Å². The first-order chi connectivity index (χ1) is 7.25. The van der Waals surface area contributed by atoms with E-state index in [0.29, 0.717) is 11.3 Å². The van der Waals surface area contributed by atoms with Gasteiger partial charge >= 0.3 is 0 Å². The zero-order valence-electron chi connectivity index (χ0n) is 8.28. The third kappa shape index (κ3) is 1.40. The van der Waals surface area contributed by atoms with Crippen LogP contribution in [0.3, 0.4) is 0 Å². The maximum atomic E-state index is 11.6. The number of ketones is 1. The number of Topliss-reactive ketones (excluding diaryl/α,β-unsaturated/α-hetero) is 1. The fourth-order valence-electron chi connectivity index (χ4n) is 1.56. The molecule has 0 unspecified atom stereocenters. The third-order valence-corrected chi connectivity index (χ3v) is 2.29. The fraction of sp³-hybridized carbons (Fsp3) is 0.167. The Kier molecular flexibility index (Phi) is 2.26. The van der Waals surface area contributed by atoms with Gasteiger partial charge in [0.2, 0.25) is 0 Å². The van der Waals surface area contributed by atoms with Crippen LogP contribution in [0.4, 0.5) is 5.69 Å². The van der Waals surface area contributed by atoms with Crippen LogP contribution in [0.15, 0.2) is 24.3 Å². The summed E-state index contributed by atoms with van der Waals surface area (Å²) in [6.45, 7) is 1.98. The Morgan fingerprint density at radius 2 is 2.00 bits per heavy atom. The number of carbonyl (C=O) groups excluding carboxylic acids is 2. The quantitative estimate of drug-likeness (QED) is 0.504. The van der Waals surface area contributed by atoms with Crippen molar-refractivity contribution in [1.29, 1.82) is 0 Å². The van der Waals surface area contributed by atoms with Crippen molar-refractivity contribution in [3.8, 4) is 11.8 Å². The van der Waals surface area contributed by atoms with Crippen molar-refractivity contribution >= 4 is 17.4 Å². The highest BCUT2D eigenvalue weighted by Gasteiger charge is 2.34. The molecule has 15 heavy (non-hydrogen) atoms. The topological polar surface area (TPSA) is 37.4 Å². The summed E-state index contributed by atoms with van der Waals surface area (Å²) in [4.78, 5) is 24.5. The van der Waals surface area contributed by atoms with Crippen LogP contribution in [-0.2, 0) is 4.79 Å². The van der Waals surface area contributed by atoms with Gasteiger partial charge in [-0.2, -0.15) is 0 Å². The highest BCUT2D eigenvalue weighted by Crippen LogP contribution is 2.27. The molecule has 3 heteroatoms. The molecule has 1 heterocycles. The van der Waals surface area contributed by atoms with Crippen molar-refractivity contribution in [2.24, 2.45) is 0 Å². The van der Waals surface area contributed by atoms with Crippen LogP contribution >= 0.6 is 0 Å². The van der Waals surface area contributed by atoms with Gasteiger partial charge in [-0.15, -0.1) is 5.92 Å². The molecule has 74 valence electrons. The molecular formula is C12H9NO2. The van der Waals surface area contributed by atoms with Gasteiger partial charge in [-0.25, -0.2) is 0 Å². The molecule has 0 saturated carbocycles. The first kappa shape index (κ1) is 9.47. The van der Waals surface area contributed by atoms with Crippen LogP contribution in [0, 0.1) is 11.8 Å². The molecule has 0 saturated heterocycles. The molecule has 1 aromatic carbocycles. The van der Waals surface area contributed by atoms with Gasteiger partial charge in [-0.05, 0) is 19.1 Å². The number of nitrogens with zero attached hydrogens (tertiary/aromatic N) is 1. The maximum absolute atomic E-state index is 11.6. The van der Waals surface area contributed by atoms with Crippen molar-refractivity contribution in [3.05, 3.63) is 29.8 Å². The molecule has 0 atom stereocenters. The minimum absolute atomic E-state index is 0.276. The van der Waals surface area contributed by atoms with Crippen LogP contribution in [-0.4, -0.2) is 18.2 Å². The predicted octanol–water partition coefficient (Wildman–Crippen LogP) is 1.24. The number of para-hydroxylation sites is 1. The van der Waals surface area contributed by atoms with Gasteiger partial charge in [-0.1, -0.05) is 18.1 Å². The Labute approximate surface area is 87.7 Å². The van der Waals surface area contributed by atoms with Crippen LogP contribution in [0.25, 0.3) is 0 Å². The second kappa shape index (κ2) is 3.58. The van der Waals surface area contributed by atoms with E-state index in [4.69, 9.17) is 0 Å². The minimum atomic E-state index is -0.487. The molecule has 3 nitrogen and oxygen atoms in total. The summed E-state index contributed by atoms with van der Waals surface area (Å²) < 4.78 is 0. The van der Waals surface area contributed by atoms with Crippen LogP contribution in [0.1, 0.15) is 17.3 Å². The molecule has 1 amide bonds. The van der Waals surface area contributed by atoms with Crippen LogP contribution in [0.5, 0.6) is 0 Å². The summed E-state index contributed by atoms with van der Waals surface area (Å²) >= 11 is 0. The molecule has 0 aromatic heterocycles. The second-order valence-electron chi connectivity index (χ2n) is 3.16. The largest absolute Gasteiger partial charge is 0.300 e. The Bertz CT molecular complexity index is 494. The van der Waals surface area contributed by atoms with Crippen molar-refractivity contribution in [2.75, 3.05) is 11.4 Å². The van der Waals surface area contributed by atoms with Gasteiger partial charge in [0.05, 0.1) is 17.8 Å². The summed E-state index contributed by atoms with van der Waals surface area (Å²) in [6, 6.07) is 6.97. The summed E-state index contributed by atoms with van der Waals surface area (Å²) in [7, 11) is 0. The minimum Gasteiger partial charge on any atom is -0.293 e. The van der Waals surface area contributed by atoms with E-state index in [-0.39, 0.29) is 6.54 Å². The van der Waals surface area contributed by atoms with Gasteiger partial charge in [-0.3, -0.25) is 14.5 Å². The number of hydrogen-bond donors (Lipinski definition) is 0. The summed E-state index contributed by atoms with van der Waals surface area (Å²) in [5, 5.41) is 0. The first-order valence-electron chi connectivity index (χ1n) is 4.60. The van der Waals surface area contributed by atoms with E-state index in [0.717, 1.165) is 0 Å². The number of fused-ring (bicyclic) bond motifs is 1. The number of hydrogen-bond acceptors (Lipinski definition) is 2. The highest BCUT2D eigenvalue weighted by atomic mass is 16.2. The van der Waals surface area contributed by atoms with Gasteiger partial charge in [0.25, 0.3) is 11.7 Å². The molecule has 1 aromatic rings. The smallest absolute Gasteiger partial charge is 0.293 e. The van der Waals surface area contributed by atoms with Crippen molar-refractivity contribution in [3.63, 3.8) is 0 Å². The lowest BCUT2D eigenvalue weighted by molar-refractivity contribution is -0.114. The molecule has 0 fully saturated rings. The van der Waals surface area contributed by atoms with Gasteiger partial charge < -0.3 is 0 Å². The van der Waals surface area contributed by atoms with Gasteiger partial charge in [0.15, 0.2) is 0 Å². The number of carbonyl (C=O) groups is 2. The fourth-order valence-corrected chi connectivity index (χ4v) is 1.56. The Morgan fingerprint density at radius 1 is 1.27 bits per heavy atom. The highest BCUT2D eigenvalue weighted by molar-refractivity contribution is 6.52. The Hall–Kier alpha value is -2.08. The number of benzene rings is 1. The number of anilines is 1. The lowest BCUT2D eigenvalue weighted by atomic mass is 10.1. The normalized spacial score (nSPS) is 13.5. The molecule has 0 bridgehead atoms. The first-order valence-corrected chi connectivity index (χ1v) is 4.60. The number of amides is 1. The third-order valence-electron chi connectivity index (χ3n) is 2.29. The average Bonchev–Trinajstić information content (AvgIpc) is 2.51. The summed E-state index contributed by atoms with van der Waals surface area (Å²) in [5.74, 6) is 4.56. The average molecular weight is 199 g/mol. The zero-order chi connectivity index (χ0) is 10.8. The molecule has 2 rings (SSSR count). The van der Waals surface area contributed by atoms with E-state index in [1.54, 1.807) is 31.2 Å². The van der Waals surface area contributed by atoms with Gasteiger partial charge in [0, 0.05) is 0 Å². The Morgan fingerprint density at radius 3 is 2.73 bits per heavy atom. The molecule has 1 aliphatic heterocycles. The van der Waals surface area contributed by atoms with Crippen LogP contribution in [0.2, 0.25) is 0 Å². The molecular weight excluding hydrogens is 190 g/mol. The predicted molar refractivity (Wildman–Crippen MR) is 56.6 cm³/mol. The summed E-state index contributed by atoms with van der Waals surface area (Å²) in [5.41, 5.74) is 1.13. The lowest BCUT2D eigenvalue weighted by Crippen LogP contribution is -2.29. The molecule has 0 N–H and O–H groups in total. The van der Waals surface area contributed by atoms with E-state index in [2.05, 4.69) is 11.8 Å². The van der Waals surface area contributed by atoms with E-state index >= 15 is 0 Å². The van der Waals surface area contributed by atoms with E-state index in [1.165, 1.54) is 4.90 Å². The van der Waals surface area contributed by atoms with E-state index in [1.807, 2.05) is 0 Å². The van der Waals surface area contributed by atoms with Crippen molar-refractivity contribution in [2.45, 2.75) is 6.92 Å².